The number of H-pyrrole nitrogens is 1. The van der Waals surface area contributed by atoms with E-state index in [1.54, 1.807) is 6.07 Å². The lowest BCUT2D eigenvalue weighted by Crippen LogP contribution is -2.13. The van der Waals surface area contributed by atoms with Crippen LogP contribution in [0, 0.1) is 0 Å². The average molecular weight is 304 g/mol. The number of hydrogen-bond donors (Lipinski definition) is 2. The summed E-state index contributed by atoms with van der Waals surface area (Å²) in [4.78, 5) is 19.4. The van der Waals surface area contributed by atoms with Gasteiger partial charge in [0.15, 0.2) is 5.82 Å². The van der Waals surface area contributed by atoms with E-state index in [-0.39, 0.29) is 17.6 Å². The summed E-state index contributed by atoms with van der Waals surface area (Å²) in [5, 5.41) is 6.60. The van der Waals surface area contributed by atoms with Gasteiger partial charge in [0.2, 0.25) is 5.88 Å². The van der Waals surface area contributed by atoms with Crippen molar-refractivity contribution >= 4 is 22.8 Å². The van der Waals surface area contributed by atoms with Crippen LogP contribution in [0.5, 0.6) is 0 Å². The van der Waals surface area contributed by atoms with Crippen LogP contribution in [0.3, 0.4) is 0 Å². The second kappa shape index (κ2) is 5.42. The molecule has 6 heteroatoms. The van der Waals surface area contributed by atoms with Crippen LogP contribution in [0.2, 0.25) is 0 Å². The molecule has 0 saturated carbocycles. The highest BCUT2D eigenvalue weighted by Gasteiger charge is 2.14. The topological polar surface area (TPSA) is 83.8 Å². The number of hydrogen-bond acceptors (Lipinski definition) is 4. The van der Waals surface area contributed by atoms with Gasteiger partial charge in [-0.15, -0.1) is 0 Å². The third kappa shape index (κ3) is 2.57. The zero-order chi connectivity index (χ0) is 15.6. The van der Waals surface area contributed by atoms with E-state index in [1.165, 1.54) is 0 Å². The van der Waals surface area contributed by atoms with E-state index >= 15 is 0 Å². The van der Waals surface area contributed by atoms with Gasteiger partial charge in [-0.25, -0.2) is 4.98 Å². The molecule has 0 aliphatic carbocycles. The summed E-state index contributed by atoms with van der Waals surface area (Å²) >= 11 is 0. The van der Waals surface area contributed by atoms with Crippen molar-refractivity contribution in [2.75, 3.05) is 5.32 Å². The molecule has 23 heavy (non-hydrogen) atoms. The Morgan fingerprint density at radius 2 is 1.83 bits per heavy atom. The van der Waals surface area contributed by atoms with Crippen molar-refractivity contribution in [2.24, 2.45) is 0 Å². The number of imidazole rings is 1. The largest absolute Gasteiger partial charge is 0.338 e. The van der Waals surface area contributed by atoms with Gasteiger partial charge in [-0.3, -0.25) is 10.1 Å². The molecule has 0 bridgehead atoms. The summed E-state index contributed by atoms with van der Waals surface area (Å²) < 4.78 is 5.16. The predicted molar refractivity (Wildman–Crippen MR) is 86.0 cm³/mol. The first-order valence-corrected chi connectivity index (χ1v) is 7.08. The van der Waals surface area contributed by atoms with E-state index in [9.17, 15) is 4.79 Å². The molecular weight excluding hydrogens is 292 g/mol. The lowest BCUT2D eigenvalue weighted by atomic mass is 10.2. The number of para-hydroxylation sites is 2. The fourth-order valence-corrected chi connectivity index (χ4v) is 2.31. The van der Waals surface area contributed by atoms with Crippen molar-refractivity contribution < 1.29 is 9.32 Å². The number of anilines is 1. The maximum absolute atomic E-state index is 12.2. The smallest absolute Gasteiger partial charge is 0.293 e. The molecule has 0 unspecified atom stereocenters. The number of fused-ring (bicyclic) bond motifs is 1. The number of carbonyl (C=O) groups is 1. The van der Waals surface area contributed by atoms with Gasteiger partial charge in [0.25, 0.3) is 5.91 Å². The molecule has 1 amide bonds. The quantitative estimate of drug-likeness (QED) is 0.607. The molecule has 0 saturated heterocycles. The molecule has 0 atom stereocenters. The van der Waals surface area contributed by atoms with Crippen LogP contribution in [-0.2, 0) is 0 Å². The fourth-order valence-electron chi connectivity index (χ4n) is 2.31. The van der Waals surface area contributed by atoms with E-state index in [2.05, 4.69) is 20.4 Å². The molecule has 4 rings (SSSR count). The third-order valence-corrected chi connectivity index (χ3v) is 3.42. The van der Waals surface area contributed by atoms with Crippen LogP contribution < -0.4 is 5.32 Å². The Hall–Kier alpha value is -3.41. The molecule has 2 aromatic heterocycles. The summed E-state index contributed by atoms with van der Waals surface area (Å²) in [5.74, 6) is 0.120. The SMILES string of the molecule is O=C(Nc1cc(-c2ccccc2)no1)c1nc2ccccc2[nH]1. The number of aromatic nitrogens is 3. The molecule has 0 radical (unpaired) electrons. The van der Waals surface area contributed by atoms with Gasteiger partial charge in [0.05, 0.1) is 11.0 Å². The molecular formula is C17H12N4O2. The van der Waals surface area contributed by atoms with Crippen LogP contribution in [0.15, 0.2) is 65.2 Å². The zero-order valence-electron chi connectivity index (χ0n) is 12.0. The lowest BCUT2D eigenvalue weighted by Gasteiger charge is -1.96. The second-order valence-corrected chi connectivity index (χ2v) is 5.00. The number of aromatic amines is 1. The minimum Gasteiger partial charge on any atom is -0.338 e. The number of carbonyl (C=O) groups excluding carboxylic acids is 1. The summed E-state index contributed by atoms with van der Waals surface area (Å²) in [6, 6.07) is 18.7. The van der Waals surface area contributed by atoms with E-state index in [1.807, 2.05) is 54.6 Å². The molecule has 2 N–H and O–H groups in total. The van der Waals surface area contributed by atoms with Gasteiger partial charge in [0.1, 0.15) is 5.69 Å². The Morgan fingerprint density at radius 1 is 1.04 bits per heavy atom. The Kier molecular flexibility index (Phi) is 3.12. The summed E-state index contributed by atoms with van der Waals surface area (Å²) in [6.45, 7) is 0. The van der Waals surface area contributed by atoms with Crippen molar-refractivity contribution in [3.63, 3.8) is 0 Å². The minimum absolute atomic E-state index is 0.226. The minimum atomic E-state index is -0.378. The van der Waals surface area contributed by atoms with Gasteiger partial charge < -0.3 is 9.51 Å². The lowest BCUT2D eigenvalue weighted by molar-refractivity contribution is 0.101. The Balaban J connectivity index is 1.56. The molecule has 112 valence electrons. The first kappa shape index (κ1) is 13.3. The first-order chi connectivity index (χ1) is 11.3. The monoisotopic (exact) mass is 304 g/mol. The van der Waals surface area contributed by atoms with Crippen LogP contribution in [0.25, 0.3) is 22.3 Å². The van der Waals surface area contributed by atoms with Crippen molar-refractivity contribution in [1.29, 1.82) is 0 Å². The van der Waals surface area contributed by atoms with Gasteiger partial charge in [0, 0.05) is 11.6 Å². The highest BCUT2D eigenvalue weighted by atomic mass is 16.5. The summed E-state index contributed by atoms with van der Waals surface area (Å²) in [5.41, 5.74) is 3.12. The van der Waals surface area contributed by atoms with Gasteiger partial charge in [-0.1, -0.05) is 47.6 Å². The number of benzene rings is 2. The number of nitrogens with zero attached hydrogens (tertiary/aromatic N) is 2. The Labute approximate surface area is 131 Å². The van der Waals surface area contributed by atoms with Crippen molar-refractivity contribution in [3.8, 4) is 11.3 Å². The third-order valence-electron chi connectivity index (χ3n) is 3.42. The van der Waals surface area contributed by atoms with Gasteiger partial charge in [-0.2, -0.15) is 0 Å². The van der Waals surface area contributed by atoms with Crippen LogP contribution >= 0.6 is 0 Å². The molecule has 0 fully saturated rings. The summed E-state index contributed by atoms with van der Waals surface area (Å²) in [7, 11) is 0. The highest BCUT2D eigenvalue weighted by molar-refractivity contribution is 6.02. The zero-order valence-corrected chi connectivity index (χ0v) is 12.0. The van der Waals surface area contributed by atoms with Gasteiger partial charge in [-0.05, 0) is 12.1 Å². The van der Waals surface area contributed by atoms with E-state index < -0.39 is 0 Å². The molecule has 0 aliphatic rings. The molecule has 2 heterocycles. The predicted octanol–water partition coefficient (Wildman–Crippen LogP) is 3.47. The Bertz CT molecular complexity index is 939. The standard InChI is InChI=1S/C17H12N4O2/c22-17(16-18-12-8-4-5-9-13(12)19-16)20-15-10-14(21-23-15)11-6-2-1-3-7-11/h1-10H,(H,18,19)(H,20,22). The number of rotatable bonds is 3. The van der Waals surface area contributed by atoms with E-state index in [4.69, 9.17) is 4.52 Å². The van der Waals surface area contributed by atoms with Crippen LogP contribution in [0.1, 0.15) is 10.6 Å². The number of nitrogens with one attached hydrogen (secondary N) is 2. The first-order valence-electron chi connectivity index (χ1n) is 7.08. The van der Waals surface area contributed by atoms with Crippen molar-refractivity contribution in [3.05, 3.63) is 66.5 Å². The van der Waals surface area contributed by atoms with Crippen LogP contribution in [0.4, 0.5) is 5.88 Å². The van der Waals surface area contributed by atoms with E-state index in [0.717, 1.165) is 16.6 Å². The molecule has 0 spiro atoms. The summed E-state index contributed by atoms with van der Waals surface area (Å²) in [6.07, 6.45) is 0. The van der Waals surface area contributed by atoms with Crippen molar-refractivity contribution in [1.82, 2.24) is 15.1 Å². The average Bonchev–Trinajstić information content (AvgIpc) is 3.22. The van der Waals surface area contributed by atoms with Crippen LogP contribution in [-0.4, -0.2) is 21.0 Å². The highest BCUT2D eigenvalue weighted by Crippen LogP contribution is 2.21. The van der Waals surface area contributed by atoms with Crippen molar-refractivity contribution in [2.45, 2.75) is 0 Å². The maximum Gasteiger partial charge on any atom is 0.293 e. The molecule has 2 aromatic carbocycles. The second-order valence-electron chi connectivity index (χ2n) is 5.00. The van der Waals surface area contributed by atoms with E-state index in [0.29, 0.717) is 5.69 Å². The Morgan fingerprint density at radius 3 is 2.65 bits per heavy atom. The maximum atomic E-state index is 12.2. The normalized spacial score (nSPS) is 10.8. The fraction of sp³-hybridized carbons (Fsp3) is 0. The molecule has 0 aliphatic heterocycles. The molecule has 4 aromatic rings. The molecule has 6 nitrogen and oxygen atoms in total. The van der Waals surface area contributed by atoms with Gasteiger partial charge >= 0.3 is 0 Å². The number of amides is 1.